The Balaban J connectivity index is 0.000000296. The lowest BCUT2D eigenvalue weighted by molar-refractivity contribution is -0.130. The van der Waals surface area contributed by atoms with Crippen LogP contribution in [-0.4, -0.2) is 209 Å². The fourth-order valence-corrected chi connectivity index (χ4v) is 8.75. The molecule has 0 spiro atoms. The zero-order valence-corrected chi connectivity index (χ0v) is 49.9. The van der Waals surface area contributed by atoms with Gasteiger partial charge in [-0.2, -0.15) is 0 Å². The summed E-state index contributed by atoms with van der Waals surface area (Å²) in [5, 5.41) is 14.2. The molecule has 0 aliphatic carbocycles. The highest BCUT2D eigenvalue weighted by atomic mass is 79.9. The summed E-state index contributed by atoms with van der Waals surface area (Å²) in [6.45, 7) is 20.9. The van der Waals surface area contributed by atoms with E-state index in [0.717, 1.165) is 24.9 Å². The molecule has 4 saturated heterocycles. The molecule has 0 unspecified atom stereocenters. The number of rotatable bonds is 16. The number of carbonyl (C=O) groups excluding carboxylic acids is 8. The van der Waals surface area contributed by atoms with E-state index in [0.29, 0.717) is 118 Å². The molecular formula is C54H84BrFN10O14. The Morgan fingerprint density at radius 2 is 1.20 bits per heavy atom. The van der Waals surface area contributed by atoms with Gasteiger partial charge in [0.05, 0.1) is 43.6 Å². The van der Waals surface area contributed by atoms with Crippen molar-refractivity contribution < 1.29 is 71.2 Å². The monoisotopic (exact) mass is 1190 g/mol. The molecule has 0 bridgehead atoms. The molecule has 4 atom stereocenters. The molecule has 448 valence electrons. The maximum absolute atomic E-state index is 13.7. The van der Waals surface area contributed by atoms with Gasteiger partial charge in [-0.25, -0.2) is 14.0 Å². The number of benzene rings is 1. The predicted octanol–water partition coefficient (Wildman–Crippen LogP) is 3.62. The van der Waals surface area contributed by atoms with Crippen LogP contribution in [0.3, 0.4) is 0 Å². The zero-order valence-electron chi connectivity index (χ0n) is 48.3. The Kier molecular flexibility index (Phi) is 28.0. The average Bonchev–Trinajstić information content (AvgIpc) is 4.23. The van der Waals surface area contributed by atoms with Gasteiger partial charge in [0.15, 0.2) is 0 Å². The summed E-state index contributed by atoms with van der Waals surface area (Å²) in [6.07, 6.45) is 3.08. The third-order valence-corrected chi connectivity index (χ3v) is 12.7. The smallest absolute Gasteiger partial charge is 0.408 e. The van der Waals surface area contributed by atoms with Crippen molar-refractivity contribution in [2.75, 3.05) is 111 Å². The fraction of sp³-hybridized carbons (Fsp3) is 0.630. The summed E-state index contributed by atoms with van der Waals surface area (Å²) in [7, 11) is 6.48. The molecule has 4 fully saturated rings. The Bertz CT molecular complexity index is 2460. The number of alkyl halides is 1. The zero-order chi connectivity index (χ0) is 59.9. The maximum Gasteiger partial charge on any atom is 0.408 e. The predicted molar refractivity (Wildman–Crippen MR) is 301 cm³/mol. The second kappa shape index (κ2) is 32.9. The molecule has 1 aromatic carbocycles. The van der Waals surface area contributed by atoms with Gasteiger partial charge in [-0.3, -0.25) is 28.8 Å². The first kappa shape index (κ1) is 68.1. The lowest BCUT2D eigenvalue weighted by Gasteiger charge is -2.21. The first-order chi connectivity index (χ1) is 37.7. The van der Waals surface area contributed by atoms with Crippen molar-refractivity contribution in [1.82, 2.24) is 41.0 Å². The number of halogens is 2. The molecule has 5 aliphatic rings. The SMILES string of the molecule is CC(C)(C)OC(=O)N[C@H]1CCNC1=O.COCCBr.COCCN1CC[C@H](N)C1=O.COCCN1CC[C@H](NC(=O)OC(C)(C)C)C1=O.COCCN1CC[C@H](NC(=O)c2c(C)[nH]c(/C=C3\C(=O)Nc4ccc(F)cc43)c2C)C1=O. The second-order valence-electron chi connectivity index (χ2n) is 21.0. The van der Waals surface area contributed by atoms with Crippen molar-refractivity contribution in [3.8, 4) is 0 Å². The summed E-state index contributed by atoms with van der Waals surface area (Å²) in [6, 6.07) is 2.34. The van der Waals surface area contributed by atoms with Gasteiger partial charge in [-0.15, -0.1) is 0 Å². The van der Waals surface area contributed by atoms with E-state index >= 15 is 0 Å². The highest BCUT2D eigenvalue weighted by molar-refractivity contribution is 9.09. The Morgan fingerprint density at radius 1 is 0.713 bits per heavy atom. The third kappa shape index (κ3) is 22.0. The highest BCUT2D eigenvalue weighted by Crippen LogP contribution is 2.34. The number of aromatic amines is 1. The molecular weight excluding hydrogens is 1110 g/mol. The summed E-state index contributed by atoms with van der Waals surface area (Å²) in [5.41, 5.74) is 8.02. The van der Waals surface area contributed by atoms with E-state index < -0.39 is 47.3 Å². The normalized spacial score (nSPS) is 19.8. The minimum absolute atomic E-state index is 0.0575. The number of methoxy groups -OCH3 is 4. The van der Waals surface area contributed by atoms with E-state index in [4.69, 9.17) is 29.4 Å². The van der Waals surface area contributed by atoms with E-state index in [9.17, 15) is 42.7 Å². The topological polar surface area (TPSA) is 304 Å². The lowest BCUT2D eigenvalue weighted by atomic mass is 10.0. The van der Waals surface area contributed by atoms with E-state index in [1.54, 1.807) is 105 Å². The number of aromatic nitrogens is 1. The van der Waals surface area contributed by atoms with Crippen LogP contribution in [0.1, 0.15) is 100 Å². The van der Waals surface area contributed by atoms with Gasteiger partial charge in [-0.05, 0) is 111 Å². The van der Waals surface area contributed by atoms with E-state index in [1.165, 1.54) is 18.2 Å². The number of hydrogen-bond donors (Lipinski definition) is 7. The number of nitrogens with two attached hydrogens (primary N) is 1. The minimum atomic E-state index is -0.578. The average molecular weight is 1200 g/mol. The van der Waals surface area contributed by atoms with Crippen molar-refractivity contribution in [3.63, 3.8) is 0 Å². The number of fused-ring (bicyclic) bond motifs is 1. The van der Waals surface area contributed by atoms with Gasteiger partial charge in [0.2, 0.25) is 23.6 Å². The van der Waals surface area contributed by atoms with Gasteiger partial charge in [0.1, 0.15) is 35.1 Å². The number of amides is 8. The Hall–Kier alpha value is -6.19. The van der Waals surface area contributed by atoms with Crippen molar-refractivity contribution in [2.45, 2.75) is 116 Å². The number of hydrogen-bond acceptors (Lipinski definition) is 15. The number of anilines is 1. The van der Waals surface area contributed by atoms with Crippen LogP contribution in [0.15, 0.2) is 18.2 Å². The number of nitrogens with zero attached hydrogens (tertiary/aromatic N) is 3. The number of alkyl carbamates (subject to hydrolysis) is 2. The van der Waals surface area contributed by atoms with Crippen LogP contribution in [0, 0.1) is 19.7 Å². The number of carbonyl (C=O) groups is 8. The first-order valence-corrected chi connectivity index (χ1v) is 27.5. The van der Waals surface area contributed by atoms with Crippen molar-refractivity contribution in [1.29, 1.82) is 0 Å². The molecule has 0 radical (unpaired) electrons. The first-order valence-electron chi connectivity index (χ1n) is 26.4. The molecule has 8 amide bonds. The summed E-state index contributed by atoms with van der Waals surface area (Å²) >= 11 is 3.18. The van der Waals surface area contributed by atoms with Crippen LogP contribution in [0.25, 0.3) is 11.6 Å². The van der Waals surface area contributed by atoms with Crippen LogP contribution in [-0.2, 0) is 52.4 Å². The summed E-state index contributed by atoms with van der Waals surface area (Å²) in [5.74, 6) is -1.40. The molecule has 1 aromatic heterocycles. The van der Waals surface area contributed by atoms with Gasteiger partial charge >= 0.3 is 12.2 Å². The number of aryl methyl sites for hydroxylation is 1. The molecule has 7 rings (SSSR count). The number of ether oxygens (including phenoxy) is 6. The molecule has 5 aliphatic heterocycles. The summed E-state index contributed by atoms with van der Waals surface area (Å²) in [4.78, 5) is 103. The van der Waals surface area contributed by atoms with Gasteiger partial charge in [0, 0.05) is 102 Å². The van der Waals surface area contributed by atoms with Gasteiger partial charge in [-0.1, -0.05) is 15.9 Å². The molecule has 24 nitrogen and oxygen atoms in total. The highest BCUT2D eigenvalue weighted by Gasteiger charge is 2.36. The largest absolute Gasteiger partial charge is 0.444 e. The third-order valence-electron chi connectivity index (χ3n) is 12.4. The van der Waals surface area contributed by atoms with Crippen molar-refractivity contribution in [2.24, 2.45) is 5.73 Å². The van der Waals surface area contributed by atoms with Crippen molar-refractivity contribution >= 4 is 80.9 Å². The van der Waals surface area contributed by atoms with Gasteiger partial charge in [0.25, 0.3) is 11.8 Å². The molecule has 80 heavy (non-hydrogen) atoms. The van der Waals surface area contributed by atoms with E-state index in [1.807, 2.05) is 0 Å². The van der Waals surface area contributed by atoms with Crippen molar-refractivity contribution in [3.05, 3.63) is 52.1 Å². The fourth-order valence-electron chi connectivity index (χ4n) is 8.43. The Morgan fingerprint density at radius 3 is 1.64 bits per heavy atom. The van der Waals surface area contributed by atoms with Crippen LogP contribution >= 0.6 is 15.9 Å². The molecule has 0 saturated carbocycles. The number of H-pyrrole nitrogens is 1. The number of nitrogens with one attached hydrogen (secondary N) is 6. The van der Waals surface area contributed by atoms with E-state index in [-0.39, 0.29) is 41.5 Å². The summed E-state index contributed by atoms with van der Waals surface area (Å²) < 4.78 is 43.3. The number of likely N-dealkylation sites (tertiary alicyclic amines) is 3. The van der Waals surface area contributed by atoms with Gasteiger partial charge < -0.3 is 80.4 Å². The van der Waals surface area contributed by atoms with Crippen LogP contribution < -0.4 is 32.3 Å². The Labute approximate surface area is 476 Å². The van der Waals surface area contributed by atoms with Crippen LogP contribution in [0.5, 0.6) is 0 Å². The van der Waals surface area contributed by atoms with E-state index in [2.05, 4.69) is 52.2 Å². The molecule has 6 heterocycles. The second-order valence-corrected chi connectivity index (χ2v) is 21.8. The maximum atomic E-state index is 13.7. The molecule has 26 heteroatoms. The molecule has 8 N–H and O–H groups in total. The lowest BCUT2D eigenvalue weighted by Crippen LogP contribution is -2.44. The molecule has 2 aromatic rings. The minimum Gasteiger partial charge on any atom is -0.444 e. The quantitative estimate of drug-likeness (QED) is 0.0933. The standard InChI is InChI=1S/C23H25FN4O4.C12H22N2O4.C9H16N2O3.C7H14N2O2.C3H7BrO/c1-12-19(11-16-15-10-14(24)4-5-17(15)26-21(16)29)25-13(2)20(12)22(30)27-18-6-7-28(23(18)31)8-9-32-3;1-12(2,3)18-11(16)13-9-5-6-14(10(9)15)7-8-17-4;1-9(2,3)14-8(13)11-6-4-5-10-7(6)12;1-11-5-4-9-3-2-6(8)7(9)10;1-5-3-2-4/h4-5,10-11,18,25H,6-9H2,1-3H3,(H,26,29)(H,27,30);9H,5-8H2,1-4H3,(H,13,16);6H,4-5H2,1-3H3,(H,10,12)(H,11,13);6H,2-5,8H2,1H3;2-3H2,1H3/b16-11-;;;;/t18-;9-;2*6-;/m0000./s1. The van der Waals surface area contributed by atoms with Crippen LogP contribution in [0.4, 0.5) is 19.7 Å². The van der Waals surface area contributed by atoms with Crippen LogP contribution in [0.2, 0.25) is 0 Å².